The number of carboxylic acids is 3. The van der Waals surface area contributed by atoms with Crippen LogP contribution in [0.5, 0.6) is 0 Å². The van der Waals surface area contributed by atoms with E-state index in [9.17, 15) is 28.8 Å². The molecule has 1 rings (SSSR count). The molecule has 1 fully saturated rings. The minimum Gasteiger partial charge on any atom is -0.481 e. The van der Waals surface area contributed by atoms with E-state index >= 15 is 0 Å². The lowest BCUT2D eigenvalue weighted by molar-refractivity contribution is -0.145. The standard InChI is InChI=1S/C17H26N4O9/c1-8(19-14(26)9(18)7-13(24)25)16(28)21-6-2-3-11(21)15(27)20-10(17(29)30)4-5-12(22)23/h8-11H,2-7,18H2,1H3,(H,19,26)(H,20,27)(H,22,23)(H,24,25)(H,29,30). The summed E-state index contributed by atoms with van der Waals surface area (Å²) in [5.74, 6) is -6.06. The minimum atomic E-state index is -1.42. The number of carboxylic acid groups (broad SMARTS) is 3. The summed E-state index contributed by atoms with van der Waals surface area (Å²) in [6, 6.07) is -4.83. The Hall–Kier alpha value is -3.22. The van der Waals surface area contributed by atoms with Crippen molar-refractivity contribution in [1.29, 1.82) is 0 Å². The predicted octanol–water partition coefficient (Wildman–Crippen LogP) is -2.28. The number of nitrogens with two attached hydrogens (primary N) is 1. The second-order valence-electron chi connectivity index (χ2n) is 6.96. The Bertz CT molecular complexity index is 711. The van der Waals surface area contributed by atoms with Crippen LogP contribution in [-0.4, -0.2) is 86.6 Å². The summed E-state index contributed by atoms with van der Waals surface area (Å²) in [6.45, 7) is 1.55. The first kappa shape index (κ1) is 24.8. The van der Waals surface area contributed by atoms with Crippen molar-refractivity contribution in [2.75, 3.05) is 6.54 Å². The van der Waals surface area contributed by atoms with E-state index in [1.807, 2.05) is 0 Å². The van der Waals surface area contributed by atoms with Gasteiger partial charge in [-0.05, 0) is 26.2 Å². The van der Waals surface area contributed by atoms with E-state index in [4.69, 9.17) is 21.1 Å². The largest absolute Gasteiger partial charge is 0.481 e. The first-order valence-electron chi connectivity index (χ1n) is 9.27. The first-order valence-corrected chi connectivity index (χ1v) is 9.27. The molecule has 13 nitrogen and oxygen atoms in total. The highest BCUT2D eigenvalue weighted by Crippen LogP contribution is 2.19. The van der Waals surface area contributed by atoms with Gasteiger partial charge in [-0.25, -0.2) is 4.79 Å². The maximum atomic E-state index is 12.7. The van der Waals surface area contributed by atoms with Gasteiger partial charge in [0.1, 0.15) is 18.1 Å². The third-order valence-corrected chi connectivity index (χ3v) is 4.56. The Morgan fingerprint density at radius 1 is 1.07 bits per heavy atom. The minimum absolute atomic E-state index is 0.200. The van der Waals surface area contributed by atoms with Crippen molar-refractivity contribution in [2.24, 2.45) is 5.73 Å². The molecule has 0 bridgehead atoms. The fourth-order valence-electron chi connectivity index (χ4n) is 3.01. The zero-order valence-corrected chi connectivity index (χ0v) is 16.4. The van der Waals surface area contributed by atoms with Gasteiger partial charge >= 0.3 is 17.9 Å². The number of amides is 3. The van der Waals surface area contributed by atoms with E-state index in [0.29, 0.717) is 6.42 Å². The topological polar surface area (TPSA) is 216 Å². The molecular weight excluding hydrogens is 404 g/mol. The van der Waals surface area contributed by atoms with Crippen molar-refractivity contribution in [3.8, 4) is 0 Å². The molecule has 7 N–H and O–H groups in total. The van der Waals surface area contributed by atoms with Gasteiger partial charge in [-0.1, -0.05) is 0 Å². The van der Waals surface area contributed by atoms with Crippen LogP contribution in [0, 0.1) is 0 Å². The number of likely N-dealkylation sites (tertiary alicyclic amines) is 1. The molecule has 3 amide bonds. The Morgan fingerprint density at radius 3 is 2.23 bits per heavy atom. The highest BCUT2D eigenvalue weighted by atomic mass is 16.4. The lowest BCUT2D eigenvalue weighted by atomic mass is 10.1. The van der Waals surface area contributed by atoms with Gasteiger partial charge in [-0.15, -0.1) is 0 Å². The van der Waals surface area contributed by atoms with Crippen LogP contribution in [-0.2, 0) is 28.8 Å². The fourth-order valence-corrected chi connectivity index (χ4v) is 3.01. The van der Waals surface area contributed by atoms with Crippen LogP contribution in [0.3, 0.4) is 0 Å². The van der Waals surface area contributed by atoms with E-state index in [0.717, 1.165) is 0 Å². The van der Waals surface area contributed by atoms with Gasteiger partial charge < -0.3 is 36.6 Å². The van der Waals surface area contributed by atoms with Crippen LogP contribution < -0.4 is 16.4 Å². The molecule has 4 unspecified atom stereocenters. The third kappa shape index (κ3) is 7.31. The number of nitrogens with one attached hydrogen (secondary N) is 2. The Balaban J connectivity index is 2.74. The lowest BCUT2D eigenvalue weighted by Crippen LogP contribution is -2.56. The Labute approximate surface area is 171 Å². The maximum absolute atomic E-state index is 12.7. The number of aliphatic carboxylic acids is 3. The van der Waals surface area contributed by atoms with E-state index in [2.05, 4.69) is 10.6 Å². The number of hydrogen-bond donors (Lipinski definition) is 6. The normalized spacial score (nSPS) is 18.7. The molecule has 168 valence electrons. The summed E-state index contributed by atoms with van der Waals surface area (Å²) < 4.78 is 0. The van der Waals surface area contributed by atoms with Crippen molar-refractivity contribution in [3.63, 3.8) is 0 Å². The molecule has 0 radical (unpaired) electrons. The zero-order valence-electron chi connectivity index (χ0n) is 16.4. The van der Waals surface area contributed by atoms with Crippen molar-refractivity contribution in [2.45, 2.75) is 63.2 Å². The second-order valence-corrected chi connectivity index (χ2v) is 6.96. The number of carbonyl (C=O) groups is 6. The van der Waals surface area contributed by atoms with Gasteiger partial charge in [-0.3, -0.25) is 24.0 Å². The van der Waals surface area contributed by atoms with Crippen LogP contribution in [0.1, 0.15) is 39.0 Å². The van der Waals surface area contributed by atoms with E-state index < -0.39 is 72.6 Å². The van der Waals surface area contributed by atoms with Crippen molar-refractivity contribution in [3.05, 3.63) is 0 Å². The summed E-state index contributed by atoms with van der Waals surface area (Å²) in [7, 11) is 0. The molecule has 13 heteroatoms. The van der Waals surface area contributed by atoms with Gasteiger partial charge in [0, 0.05) is 13.0 Å². The maximum Gasteiger partial charge on any atom is 0.326 e. The van der Waals surface area contributed by atoms with Gasteiger partial charge in [-0.2, -0.15) is 0 Å². The number of nitrogens with zero attached hydrogens (tertiary/aromatic N) is 1. The van der Waals surface area contributed by atoms with Gasteiger partial charge in [0.2, 0.25) is 17.7 Å². The molecule has 1 saturated heterocycles. The van der Waals surface area contributed by atoms with Crippen molar-refractivity contribution in [1.82, 2.24) is 15.5 Å². The lowest BCUT2D eigenvalue weighted by Gasteiger charge is -2.28. The molecule has 0 aromatic heterocycles. The summed E-state index contributed by atoms with van der Waals surface area (Å²) in [5, 5.41) is 31.1. The summed E-state index contributed by atoms with van der Waals surface area (Å²) in [6.07, 6.45) is -0.651. The first-order chi connectivity index (χ1) is 13.9. The highest BCUT2D eigenvalue weighted by Gasteiger charge is 2.38. The van der Waals surface area contributed by atoms with Crippen LogP contribution >= 0.6 is 0 Å². The molecule has 30 heavy (non-hydrogen) atoms. The Kier molecular flexibility index (Phi) is 9.17. The predicted molar refractivity (Wildman–Crippen MR) is 99.0 cm³/mol. The average molecular weight is 430 g/mol. The van der Waals surface area contributed by atoms with Gasteiger partial charge in [0.25, 0.3) is 0 Å². The van der Waals surface area contributed by atoms with E-state index in [1.54, 1.807) is 0 Å². The fraction of sp³-hybridized carbons (Fsp3) is 0.647. The van der Waals surface area contributed by atoms with Crippen LogP contribution in [0.4, 0.5) is 0 Å². The van der Waals surface area contributed by atoms with Crippen molar-refractivity contribution < 1.29 is 44.1 Å². The SMILES string of the molecule is CC(NC(=O)C(N)CC(=O)O)C(=O)N1CCCC1C(=O)NC(CCC(=O)O)C(=O)O. The molecule has 0 aromatic rings. The smallest absolute Gasteiger partial charge is 0.326 e. The molecule has 0 aliphatic carbocycles. The zero-order chi connectivity index (χ0) is 23.0. The highest BCUT2D eigenvalue weighted by molar-refractivity contribution is 5.95. The molecule has 0 spiro atoms. The van der Waals surface area contributed by atoms with Gasteiger partial charge in [0.15, 0.2) is 0 Å². The third-order valence-electron chi connectivity index (χ3n) is 4.56. The number of rotatable bonds is 11. The van der Waals surface area contributed by atoms with Gasteiger partial charge in [0.05, 0.1) is 12.5 Å². The van der Waals surface area contributed by atoms with Crippen LogP contribution in [0.2, 0.25) is 0 Å². The monoisotopic (exact) mass is 430 g/mol. The van der Waals surface area contributed by atoms with Crippen molar-refractivity contribution >= 4 is 35.6 Å². The Morgan fingerprint density at radius 2 is 1.70 bits per heavy atom. The van der Waals surface area contributed by atoms with E-state index in [1.165, 1.54) is 11.8 Å². The molecule has 1 heterocycles. The number of hydrogen-bond acceptors (Lipinski definition) is 7. The molecule has 0 saturated carbocycles. The summed E-state index contributed by atoms with van der Waals surface area (Å²) in [4.78, 5) is 70.8. The van der Waals surface area contributed by atoms with E-state index in [-0.39, 0.29) is 19.4 Å². The number of carbonyl (C=O) groups excluding carboxylic acids is 3. The molecule has 1 aliphatic rings. The summed E-state index contributed by atoms with van der Waals surface area (Å²) in [5.41, 5.74) is 5.45. The molecular formula is C17H26N4O9. The second kappa shape index (κ2) is 11.1. The summed E-state index contributed by atoms with van der Waals surface area (Å²) >= 11 is 0. The average Bonchev–Trinajstić information content (AvgIpc) is 3.12. The van der Waals surface area contributed by atoms with Crippen LogP contribution in [0.15, 0.2) is 0 Å². The molecule has 4 atom stereocenters. The molecule has 1 aliphatic heterocycles. The molecule has 0 aromatic carbocycles. The quantitative estimate of drug-likeness (QED) is 0.206. The van der Waals surface area contributed by atoms with Crippen LogP contribution in [0.25, 0.3) is 0 Å².